The van der Waals surface area contributed by atoms with Gasteiger partial charge in [-0.25, -0.2) is 0 Å². The van der Waals surface area contributed by atoms with E-state index >= 15 is 0 Å². The molecule has 3 rings (SSSR count). The molecule has 1 heterocycles. The van der Waals surface area contributed by atoms with Gasteiger partial charge in [0.1, 0.15) is 5.75 Å². The molecule has 1 N–H and O–H groups in total. The van der Waals surface area contributed by atoms with Gasteiger partial charge in [0, 0.05) is 24.7 Å². The zero-order valence-electron chi connectivity index (χ0n) is 18.3. The quantitative estimate of drug-likeness (QED) is 0.543. The van der Waals surface area contributed by atoms with Crippen LogP contribution in [0.2, 0.25) is 0 Å². The van der Waals surface area contributed by atoms with Crippen LogP contribution in [0.4, 0.5) is 5.69 Å². The SMILES string of the molecule is CCOc1ccc2c(Cc3cc(OC)c(OC)c(OC)c3)cncc2c1NC(C)=O.Cl. The molecule has 0 aliphatic rings. The van der Waals surface area contributed by atoms with E-state index in [1.807, 2.05) is 37.4 Å². The maximum atomic E-state index is 11.8. The number of carbonyl (C=O) groups is 1. The smallest absolute Gasteiger partial charge is 0.221 e. The number of amides is 1. The van der Waals surface area contributed by atoms with E-state index in [2.05, 4.69) is 10.3 Å². The van der Waals surface area contributed by atoms with E-state index in [0.717, 1.165) is 21.9 Å². The fourth-order valence-corrected chi connectivity index (χ4v) is 3.46. The number of hydrogen-bond acceptors (Lipinski definition) is 6. The predicted octanol–water partition coefficient (Wildman–Crippen LogP) is 4.63. The molecule has 0 spiro atoms. The molecule has 0 fully saturated rings. The molecular formula is C23H27ClN2O5. The van der Waals surface area contributed by atoms with E-state index in [9.17, 15) is 4.79 Å². The van der Waals surface area contributed by atoms with Gasteiger partial charge >= 0.3 is 0 Å². The zero-order chi connectivity index (χ0) is 21.7. The Morgan fingerprint density at radius 3 is 2.19 bits per heavy atom. The minimum atomic E-state index is -0.168. The Bertz CT molecular complexity index is 1050. The number of halogens is 1. The normalized spacial score (nSPS) is 10.2. The molecule has 2 aromatic carbocycles. The Hall–Kier alpha value is -3.19. The summed E-state index contributed by atoms with van der Waals surface area (Å²) in [5, 5.41) is 4.68. The Balaban J connectivity index is 0.00000341. The highest BCUT2D eigenvalue weighted by atomic mass is 35.5. The van der Waals surface area contributed by atoms with Crippen LogP contribution in [-0.4, -0.2) is 38.8 Å². The number of pyridine rings is 1. The summed E-state index contributed by atoms with van der Waals surface area (Å²) in [4.78, 5) is 16.2. The molecule has 0 unspecified atom stereocenters. The van der Waals surface area contributed by atoms with Crippen molar-refractivity contribution in [1.82, 2.24) is 4.98 Å². The molecule has 1 amide bonds. The Labute approximate surface area is 188 Å². The van der Waals surface area contributed by atoms with Crippen molar-refractivity contribution in [3.8, 4) is 23.0 Å². The van der Waals surface area contributed by atoms with E-state index in [0.29, 0.717) is 41.7 Å². The molecule has 166 valence electrons. The van der Waals surface area contributed by atoms with Crippen LogP contribution in [0.25, 0.3) is 10.8 Å². The van der Waals surface area contributed by atoms with Crippen LogP contribution in [-0.2, 0) is 11.2 Å². The largest absolute Gasteiger partial charge is 0.493 e. The summed E-state index contributed by atoms with van der Waals surface area (Å²) in [6.07, 6.45) is 4.15. The number of rotatable bonds is 8. The van der Waals surface area contributed by atoms with Crippen LogP contribution in [0.1, 0.15) is 25.0 Å². The number of methoxy groups -OCH3 is 3. The van der Waals surface area contributed by atoms with Crippen LogP contribution >= 0.6 is 12.4 Å². The summed E-state index contributed by atoms with van der Waals surface area (Å²) in [6.45, 7) is 3.87. The summed E-state index contributed by atoms with van der Waals surface area (Å²) < 4.78 is 22.0. The minimum absolute atomic E-state index is 0. The van der Waals surface area contributed by atoms with Gasteiger partial charge in [-0.05, 0) is 48.1 Å². The molecule has 0 aliphatic heterocycles. The standard InChI is InChI=1S/C23H26N2O5.ClH/c1-6-30-19-8-7-17-16(12-24-13-18(17)22(19)25-14(2)26)9-15-10-20(27-3)23(29-5)21(11-15)28-4;/h7-8,10-13H,6,9H2,1-5H3,(H,25,26);1H. The number of benzene rings is 2. The highest BCUT2D eigenvalue weighted by Gasteiger charge is 2.16. The number of anilines is 1. The minimum Gasteiger partial charge on any atom is -0.493 e. The number of nitrogens with zero attached hydrogens (tertiary/aromatic N) is 1. The summed E-state index contributed by atoms with van der Waals surface area (Å²) in [5.41, 5.74) is 2.60. The first kappa shape index (κ1) is 24.1. The zero-order valence-corrected chi connectivity index (χ0v) is 19.1. The van der Waals surface area contributed by atoms with E-state index in [4.69, 9.17) is 18.9 Å². The first-order chi connectivity index (χ1) is 14.5. The van der Waals surface area contributed by atoms with Gasteiger partial charge in [0.25, 0.3) is 0 Å². The maximum absolute atomic E-state index is 11.8. The number of nitrogens with one attached hydrogen (secondary N) is 1. The van der Waals surface area contributed by atoms with Crippen LogP contribution in [0.5, 0.6) is 23.0 Å². The van der Waals surface area contributed by atoms with Crippen molar-refractivity contribution in [2.24, 2.45) is 0 Å². The molecule has 0 aliphatic carbocycles. The second kappa shape index (κ2) is 10.7. The van der Waals surface area contributed by atoms with Gasteiger partial charge in [0.15, 0.2) is 11.5 Å². The first-order valence-corrected chi connectivity index (χ1v) is 9.61. The third kappa shape index (κ3) is 5.11. The predicted molar refractivity (Wildman–Crippen MR) is 123 cm³/mol. The topological polar surface area (TPSA) is 78.9 Å². The molecule has 3 aromatic rings. The van der Waals surface area contributed by atoms with E-state index < -0.39 is 0 Å². The summed E-state index contributed by atoms with van der Waals surface area (Å²) in [6, 6.07) is 7.70. The highest BCUT2D eigenvalue weighted by Crippen LogP contribution is 2.40. The first-order valence-electron chi connectivity index (χ1n) is 9.61. The number of ether oxygens (including phenoxy) is 4. The van der Waals surface area contributed by atoms with Crippen molar-refractivity contribution >= 4 is 34.8 Å². The summed E-state index contributed by atoms with van der Waals surface area (Å²) >= 11 is 0. The third-order valence-corrected chi connectivity index (χ3v) is 4.71. The lowest BCUT2D eigenvalue weighted by Gasteiger charge is -2.16. The van der Waals surface area contributed by atoms with Gasteiger partial charge in [0.05, 0.1) is 33.6 Å². The number of aromatic nitrogens is 1. The number of hydrogen-bond donors (Lipinski definition) is 1. The van der Waals surface area contributed by atoms with Crippen molar-refractivity contribution in [3.05, 3.63) is 47.8 Å². The lowest BCUT2D eigenvalue weighted by atomic mass is 9.99. The lowest BCUT2D eigenvalue weighted by Crippen LogP contribution is -2.09. The second-order valence-electron chi connectivity index (χ2n) is 6.66. The summed E-state index contributed by atoms with van der Waals surface area (Å²) in [7, 11) is 4.76. The summed E-state index contributed by atoms with van der Waals surface area (Å²) in [5.74, 6) is 2.19. The Morgan fingerprint density at radius 1 is 0.968 bits per heavy atom. The van der Waals surface area contributed by atoms with Crippen LogP contribution in [0, 0.1) is 0 Å². The van der Waals surface area contributed by atoms with Crippen molar-refractivity contribution in [3.63, 3.8) is 0 Å². The molecule has 0 atom stereocenters. The van der Waals surface area contributed by atoms with Gasteiger partial charge in [-0.1, -0.05) is 6.07 Å². The fraction of sp³-hybridized carbons (Fsp3) is 0.304. The van der Waals surface area contributed by atoms with Gasteiger partial charge in [-0.3, -0.25) is 9.78 Å². The van der Waals surface area contributed by atoms with E-state index in [-0.39, 0.29) is 18.3 Å². The highest BCUT2D eigenvalue weighted by molar-refractivity contribution is 6.04. The van der Waals surface area contributed by atoms with E-state index in [1.165, 1.54) is 6.92 Å². The molecule has 0 saturated carbocycles. The van der Waals surface area contributed by atoms with Crippen molar-refractivity contribution in [2.75, 3.05) is 33.3 Å². The monoisotopic (exact) mass is 446 g/mol. The molecule has 31 heavy (non-hydrogen) atoms. The molecule has 0 bridgehead atoms. The Morgan fingerprint density at radius 2 is 1.65 bits per heavy atom. The molecule has 1 aromatic heterocycles. The van der Waals surface area contributed by atoms with Crippen LogP contribution in [0.3, 0.4) is 0 Å². The fourth-order valence-electron chi connectivity index (χ4n) is 3.46. The van der Waals surface area contributed by atoms with Crippen molar-refractivity contribution < 1.29 is 23.7 Å². The molecular weight excluding hydrogens is 420 g/mol. The van der Waals surface area contributed by atoms with Gasteiger partial charge in [0.2, 0.25) is 11.7 Å². The average Bonchev–Trinajstić information content (AvgIpc) is 2.74. The van der Waals surface area contributed by atoms with Crippen molar-refractivity contribution in [2.45, 2.75) is 20.3 Å². The molecule has 0 radical (unpaired) electrons. The maximum Gasteiger partial charge on any atom is 0.221 e. The third-order valence-electron chi connectivity index (χ3n) is 4.71. The van der Waals surface area contributed by atoms with Crippen molar-refractivity contribution in [1.29, 1.82) is 0 Å². The lowest BCUT2D eigenvalue weighted by molar-refractivity contribution is -0.114. The molecule has 8 heteroatoms. The molecule has 7 nitrogen and oxygen atoms in total. The van der Waals surface area contributed by atoms with Gasteiger partial charge < -0.3 is 24.3 Å². The number of fused-ring (bicyclic) bond motifs is 1. The molecule has 0 saturated heterocycles. The van der Waals surface area contributed by atoms with Gasteiger partial charge in [-0.15, -0.1) is 12.4 Å². The van der Waals surface area contributed by atoms with Gasteiger partial charge in [-0.2, -0.15) is 0 Å². The second-order valence-corrected chi connectivity index (χ2v) is 6.66. The number of carbonyl (C=O) groups excluding carboxylic acids is 1. The van der Waals surface area contributed by atoms with Crippen LogP contribution in [0.15, 0.2) is 36.7 Å². The van der Waals surface area contributed by atoms with Crippen LogP contribution < -0.4 is 24.3 Å². The average molecular weight is 447 g/mol. The van der Waals surface area contributed by atoms with E-state index in [1.54, 1.807) is 27.5 Å². The Kier molecular flexibility index (Phi) is 8.33.